The zero-order chi connectivity index (χ0) is 15.4. The van der Waals surface area contributed by atoms with Gasteiger partial charge in [0.15, 0.2) is 0 Å². The number of ether oxygens (including phenoxy) is 3. The first kappa shape index (κ1) is 15.2. The normalized spacial score (nSPS) is 25.5. The van der Waals surface area contributed by atoms with Crippen LogP contribution in [0, 0.1) is 10.1 Å². The van der Waals surface area contributed by atoms with Crippen molar-refractivity contribution in [1.29, 1.82) is 0 Å². The first-order valence-corrected chi connectivity index (χ1v) is 7.47. The topological polar surface area (TPSA) is 74.1 Å². The molecule has 2 aliphatic heterocycles. The van der Waals surface area contributed by atoms with E-state index in [-0.39, 0.29) is 11.2 Å². The predicted octanol–water partition coefficient (Wildman–Crippen LogP) is 1.46. The van der Waals surface area contributed by atoms with Gasteiger partial charge in [-0.15, -0.1) is 0 Å². The van der Waals surface area contributed by atoms with Crippen LogP contribution in [0.15, 0.2) is 24.3 Å². The molecule has 2 heterocycles. The summed E-state index contributed by atoms with van der Waals surface area (Å²) in [4.78, 5) is 12.7. The maximum Gasteiger partial charge on any atom is 0.273 e. The van der Waals surface area contributed by atoms with E-state index in [9.17, 15) is 10.1 Å². The number of nitrogens with zero attached hydrogens (tertiary/aromatic N) is 2. The summed E-state index contributed by atoms with van der Waals surface area (Å²) in [6, 6.07) is 6.28. The van der Waals surface area contributed by atoms with Crippen LogP contribution < -0.4 is 4.74 Å². The Bertz CT molecular complexity index is 530. The molecule has 22 heavy (non-hydrogen) atoms. The number of hydrogen-bond donors (Lipinski definition) is 0. The highest BCUT2D eigenvalue weighted by Gasteiger charge is 2.42. The van der Waals surface area contributed by atoms with Gasteiger partial charge in [0.1, 0.15) is 12.4 Å². The molecular weight excluding hydrogens is 288 g/mol. The third-order valence-electron chi connectivity index (χ3n) is 4.29. The predicted molar refractivity (Wildman–Crippen MR) is 79.2 cm³/mol. The third kappa shape index (κ3) is 3.21. The fraction of sp³-hybridized carbons (Fsp3) is 0.600. The number of non-ortho nitro benzene ring substituents is 1. The van der Waals surface area contributed by atoms with E-state index >= 15 is 0 Å². The Morgan fingerprint density at radius 3 is 2.91 bits per heavy atom. The van der Waals surface area contributed by atoms with Gasteiger partial charge >= 0.3 is 0 Å². The molecule has 1 atom stereocenters. The second-order valence-corrected chi connectivity index (χ2v) is 5.67. The average molecular weight is 308 g/mol. The summed E-state index contributed by atoms with van der Waals surface area (Å²) in [7, 11) is 0. The van der Waals surface area contributed by atoms with Gasteiger partial charge in [-0.1, -0.05) is 6.07 Å². The van der Waals surface area contributed by atoms with E-state index in [0.717, 1.165) is 32.7 Å². The molecule has 2 aliphatic rings. The number of benzene rings is 1. The fourth-order valence-corrected chi connectivity index (χ4v) is 3.03. The van der Waals surface area contributed by atoms with Crippen molar-refractivity contribution >= 4 is 5.69 Å². The van der Waals surface area contributed by atoms with Gasteiger partial charge < -0.3 is 14.2 Å². The Hall–Kier alpha value is -1.70. The molecule has 0 aromatic heterocycles. The Labute approximate surface area is 128 Å². The maximum atomic E-state index is 10.8. The van der Waals surface area contributed by atoms with Crippen LogP contribution in [-0.4, -0.2) is 61.5 Å². The number of morpholine rings is 1. The molecule has 2 fully saturated rings. The van der Waals surface area contributed by atoms with E-state index in [4.69, 9.17) is 14.2 Å². The van der Waals surface area contributed by atoms with Crippen LogP contribution in [-0.2, 0) is 9.47 Å². The zero-order valence-corrected chi connectivity index (χ0v) is 12.4. The monoisotopic (exact) mass is 308 g/mol. The third-order valence-corrected chi connectivity index (χ3v) is 4.29. The van der Waals surface area contributed by atoms with E-state index in [1.54, 1.807) is 12.1 Å². The smallest absolute Gasteiger partial charge is 0.273 e. The summed E-state index contributed by atoms with van der Waals surface area (Å²) in [5.41, 5.74) is 0.0223. The Morgan fingerprint density at radius 1 is 1.32 bits per heavy atom. The SMILES string of the molecule is O=[N+]([O-])c1cccc(OCCN2CCOC[C@]23CCOC3)c1. The van der Waals surface area contributed by atoms with Gasteiger partial charge in [-0.2, -0.15) is 0 Å². The summed E-state index contributed by atoms with van der Waals surface area (Å²) in [5, 5.41) is 10.8. The molecule has 0 aliphatic carbocycles. The van der Waals surface area contributed by atoms with E-state index in [1.165, 1.54) is 12.1 Å². The first-order valence-electron chi connectivity index (χ1n) is 7.47. The summed E-state index contributed by atoms with van der Waals surface area (Å²) in [5.74, 6) is 0.527. The van der Waals surface area contributed by atoms with Crippen LogP contribution >= 0.6 is 0 Å². The Balaban J connectivity index is 1.56. The maximum absolute atomic E-state index is 10.8. The average Bonchev–Trinajstić information content (AvgIpc) is 2.99. The molecule has 0 amide bonds. The highest BCUT2D eigenvalue weighted by molar-refractivity contribution is 5.37. The lowest BCUT2D eigenvalue weighted by Crippen LogP contribution is -2.58. The largest absolute Gasteiger partial charge is 0.492 e. The molecule has 0 saturated carbocycles. The Kier molecular flexibility index (Phi) is 4.56. The molecule has 120 valence electrons. The number of hydrogen-bond acceptors (Lipinski definition) is 6. The second kappa shape index (κ2) is 6.60. The standard InChI is InChI=1S/C15H20N2O5/c18-17(19)13-2-1-3-14(10-13)22-9-6-16-5-8-21-12-15(16)4-7-20-11-15/h1-3,10H,4-9,11-12H2/t15-/m1/s1. The summed E-state index contributed by atoms with van der Waals surface area (Å²) >= 11 is 0. The molecule has 0 unspecified atom stereocenters. The highest BCUT2D eigenvalue weighted by atomic mass is 16.6. The molecule has 2 saturated heterocycles. The van der Waals surface area contributed by atoms with Gasteiger partial charge in [0.2, 0.25) is 0 Å². The van der Waals surface area contributed by atoms with E-state index in [2.05, 4.69) is 4.90 Å². The molecule has 0 N–H and O–H groups in total. The first-order chi connectivity index (χ1) is 10.7. The van der Waals surface area contributed by atoms with Gasteiger partial charge in [-0.3, -0.25) is 15.0 Å². The van der Waals surface area contributed by atoms with Crippen molar-refractivity contribution in [3.8, 4) is 5.75 Å². The van der Waals surface area contributed by atoms with Crippen molar-refractivity contribution in [2.45, 2.75) is 12.0 Å². The quantitative estimate of drug-likeness (QED) is 0.606. The molecule has 3 rings (SSSR count). The van der Waals surface area contributed by atoms with Crippen molar-refractivity contribution in [1.82, 2.24) is 4.90 Å². The second-order valence-electron chi connectivity index (χ2n) is 5.67. The van der Waals surface area contributed by atoms with E-state index < -0.39 is 4.92 Å². The molecule has 1 spiro atoms. The highest BCUT2D eigenvalue weighted by Crippen LogP contribution is 2.29. The fourth-order valence-electron chi connectivity index (χ4n) is 3.03. The van der Waals surface area contributed by atoms with Gasteiger partial charge in [0.05, 0.1) is 36.3 Å². The van der Waals surface area contributed by atoms with Gasteiger partial charge in [0.25, 0.3) is 5.69 Å². The summed E-state index contributed by atoms with van der Waals surface area (Å²) in [6.45, 7) is 5.00. The molecular formula is C15H20N2O5. The summed E-state index contributed by atoms with van der Waals surface area (Å²) < 4.78 is 16.8. The molecule has 1 aromatic rings. The molecule has 0 radical (unpaired) electrons. The van der Waals surface area contributed by atoms with Gasteiger partial charge in [-0.25, -0.2) is 0 Å². The van der Waals surface area contributed by atoms with Crippen LogP contribution in [0.25, 0.3) is 0 Å². The van der Waals surface area contributed by atoms with Crippen LogP contribution in [0.3, 0.4) is 0 Å². The van der Waals surface area contributed by atoms with Crippen molar-refractivity contribution in [3.63, 3.8) is 0 Å². The lowest BCUT2D eigenvalue weighted by atomic mass is 9.96. The Morgan fingerprint density at radius 2 is 2.14 bits per heavy atom. The zero-order valence-electron chi connectivity index (χ0n) is 12.4. The minimum absolute atomic E-state index is 0.0235. The summed E-state index contributed by atoms with van der Waals surface area (Å²) in [6.07, 6.45) is 0.976. The van der Waals surface area contributed by atoms with E-state index in [0.29, 0.717) is 25.6 Å². The van der Waals surface area contributed by atoms with Crippen LogP contribution in [0.4, 0.5) is 5.69 Å². The molecule has 1 aromatic carbocycles. The number of rotatable bonds is 5. The lowest BCUT2D eigenvalue weighted by molar-refractivity contribution is -0.384. The van der Waals surface area contributed by atoms with Crippen LogP contribution in [0.5, 0.6) is 5.75 Å². The van der Waals surface area contributed by atoms with Gasteiger partial charge in [0, 0.05) is 25.8 Å². The van der Waals surface area contributed by atoms with Crippen molar-refractivity contribution in [3.05, 3.63) is 34.4 Å². The minimum Gasteiger partial charge on any atom is -0.492 e. The molecule has 0 bridgehead atoms. The van der Waals surface area contributed by atoms with Crippen molar-refractivity contribution in [2.75, 3.05) is 46.1 Å². The van der Waals surface area contributed by atoms with Gasteiger partial charge in [-0.05, 0) is 12.5 Å². The van der Waals surface area contributed by atoms with E-state index in [1.807, 2.05) is 0 Å². The van der Waals surface area contributed by atoms with Crippen molar-refractivity contribution in [2.24, 2.45) is 0 Å². The lowest BCUT2D eigenvalue weighted by Gasteiger charge is -2.43. The molecule has 7 heteroatoms. The van der Waals surface area contributed by atoms with Crippen LogP contribution in [0.1, 0.15) is 6.42 Å². The minimum atomic E-state index is -0.417. The van der Waals surface area contributed by atoms with Crippen LogP contribution in [0.2, 0.25) is 0 Å². The molecule has 7 nitrogen and oxygen atoms in total. The number of nitro groups is 1. The number of nitro benzene ring substituents is 1. The van der Waals surface area contributed by atoms with Crippen molar-refractivity contribution < 1.29 is 19.1 Å².